The van der Waals surface area contributed by atoms with E-state index in [1.807, 2.05) is 6.92 Å². The van der Waals surface area contributed by atoms with Crippen LogP contribution in [0.4, 0.5) is 0 Å². The number of cyclic esters (lactones) is 1. The lowest BCUT2D eigenvalue weighted by Gasteiger charge is -2.22. The van der Waals surface area contributed by atoms with Crippen molar-refractivity contribution in [2.75, 3.05) is 19.8 Å². The molecule has 0 amide bonds. The van der Waals surface area contributed by atoms with Gasteiger partial charge in [0.05, 0.1) is 12.7 Å². The van der Waals surface area contributed by atoms with E-state index in [1.54, 1.807) is 0 Å². The van der Waals surface area contributed by atoms with E-state index >= 15 is 0 Å². The lowest BCUT2D eigenvalue weighted by atomic mass is 10.0. The smallest absolute Gasteiger partial charge is 0.326 e. The predicted molar refractivity (Wildman–Crippen MR) is 51.0 cm³/mol. The van der Waals surface area contributed by atoms with Gasteiger partial charge in [-0.1, -0.05) is 0 Å². The minimum Gasteiger partial charge on any atom is -0.464 e. The molecule has 2 rings (SSSR count). The molecule has 2 aliphatic rings. The number of hydrogen-bond acceptors (Lipinski definition) is 4. The Labute approximate surface area is 84.0 Å². The van der Waals surface area contributed by atoms with Crippen molar-refractivity contribution < 1.29 is 14.3 Å². The average molecular weight is 199 g/mol. The maximum atomic E-state index is 11.4. The van der Waals surface area contributed by atoms with Crippen LogP contribution in [0.15, 0.2) is 0 Å². The zero-order valence-corrected chi connectivity index (χ0v) is 8.54. The van der Waals surface area contributed by atoms with Gasteiger partial charge in [-0.25, -0.2) is 0 Å². The van der Waals surface area contributed by atoms with E-state index in [2.05, 4.69) is 5.32 Å². The van der Waals surface area contributed by atoms with Crippen LogP contribution in [-0.2, 0) is 14.3 Å². The Hall–Kier alpha value is -0.610. The second kappa shape index (κ2) is 3.87. The van der Waals surface area contributed by atoms with Crippen molar-refractivity contribution in [2.24, 2.45) is 0 Å². The van der Waals surface area contributed by atoms with E-state index in [1.165, 1.54) is 0 Å². The second-order valence-corrected chi connectivity index (χ2v) is 4.23. The SMILES string of the molecule is CC1(NCC2CCCO2)CCOC1=O. The van der Waals surface area contributed by atoms with Crippen LogP contribution >= 0.6 is 0 Å². The highest BCUT2D eigenvalue weighted by atomic mass is 16.5. The number of nitrogens with one attached hydrogen (secondary N) is 1. The summed E-state index contributed by atoms with van der Waals surface area (Å²) in [6.07, 6.45) is 3.27. The van der Waals surface area contributed by atoms with Crippen LogP contribution in [0, 0.1) is 0 Å². The molecule has 14 heavy (non-hydrogen) atoms. The molecule has 4 nitrogen and oxygen atoms in total. The Morgan fingerprint density at radius 1 is 1.57 bits per heavy atom. The van der Waals surface area contributed by atoms with Crippen LogP contribution in [0.2, 0.25) is 0 Å². The van der Waals surface area contributed by atoms with Gasteiger partial charge in [0, 0.05) is 19.6 Å². The Morgan fingerprint density at radius 2 is 2.43 bits per heavy atom. The highest BCUT2D eigenvalue weighted by Crippen LogP contribution is 2.20. The van der Waals surface area contributed by atoms with Crippen molar-refractivity contribution in [1.82, 2.24) is 5.32 Å². The first kappa shape index (κ1) is 9.93. The van der Waals surface area contributed by atoms with Crippen LogP contribution < -0.4 is 5.32 Å². The first-order valence-electron chi connectivity index (χ1n) is 5.24. The summed E-state index contributed by atoms with van der Waals surface area (Å²) in [5, 5.41) is 3.25. The summed E-state index contributed by atoms with van der Waals surface area (Å²) in [6.45, 7) is 4.05. The van der Waals surface area contributed by atoms with Gasteiger partial charge in [-0.15, -0.1) is 0 Å². The normalized spacial score (nSPS) is 37.5. The van der Waals surface area contributed by atoms with Crippen molar-refractivity contribution >= 4 is 5.97 Å². The zero-order chi connectivity index (χ0) is 10.0. The first-order chi connectivity index (χ1) is 6.71. The number of hydrogen-bond donors (Lipinski definition) is 1. The maximum Gasteiger partial charge on any atom is 0.326 e. The summed E-state index contributed by atoms with van der Waals surface area (Å²) in [5.74, 6) is -0.129. The quantitative estimate of drug-likeness (QED) is 0.671. The van der Waals surface area contributed by atoms with Crippen LogP contribution in [0.5, 0.6) is 0 Å². The number of carbonyl (C=O) groups is 1. The third-order valence-corrected chi connectivity index (χ3v) is 3.03. The lowest BCUT2D eigenvalue weighted by molar-refractivity contribution is -0.143. The van der Waals surface area contributed by atoms with E-state index < -0.39 is 5.54 Å². The molecule has 2 saturated heterocycles. The van der Waals surface area contributed by atoms with Crippen molar-refractivity contribution in [1.29, 1.82) is 0 Å². The van der Waals surface area contributed by atoms with Crippen LogP contribution in [0.1, 0.15) is 26.2 Å². The standard InChI is InChI=1S/C10H17NO3/c1-10(4-6-14-9(10)12)11-7-8-3-2-5-13-8/h8,11H,2-7H2,1H3. The van der Waals surface area contributed by atoms with E-state index in [-0.39, 0.29) is 12.1 Å². The van der Waals surface area contributed by atoms with Gasteiger partial charge < -0.3 is 9.47 Å². The molecule has 80 valence electrons. The van der Waals surface area contributed by atoms with Gasteiger partial charge in [0.1, 0.15) is 5.54 Å². The van der Waals surface area contributed by atoms with Crippen molar-refractivity contribution in [3.8, 4) is 0 Å². The molecule has 1 N–H and O–H groups in total. The molecule has 0 radical (unpaired) electrons. The summed E-state index contributed by atoms with van der Waals surface area (Å²) in [4.78, 5) is 11.4. The summed E-state index contributed by atoms with van der Waals surface area (Å²) >= 11 is 0. The fraction of sp³-hybridized carbons (Fsp3) is 0.900. The Bertz CT molecular complexity index is 225. The minimum atomic E-state index is -0.480. The monoisotopic (exact) mass is 199 g/mol. The molecular formula is C10H17NO3. The van der Waals surface area contributed by atoms with E-state index in [9.17, 15) is 4.79 Å². The Morgan fingerprint density at radius 3 is 3.00 bits per heavy atom. The van der Waals surface area contributed by atoms with Gasteiger partial charge in [-0.3, -0.25) is 10.1 Å². The summed E-state index contributed by atoms with van der Waals surface area (Å²) in [5.41, 5.74) is -0.480. The third kappa shape index (κ3) is 1.91. The number of carbonyl (C=O) groups excluding carboxylic acids is 1. The number of ether oxygens (including phenoxy) is 2. The lowest BCUT2D eigenvalue weighted by Crippen LogP contribution is -2.49. The minimum absolute atomic E-state index is 0.129. The largest absolute Gasteiger partial charge is 0.464 e. The van der Waals surface area contributed by atoms with Crippen molar-refractivity contribution in [3.05, 3.63) is 0 Å². The highest BCUT2D eigenvalue weighted by Gasteiger charge is 2.40. The number of rotatable bonds is 3. The van der Waals surface area contributed by atoms with E-state index in [0.29, 0.717) is 6.61 Å². The average Bonchev–Trinajstić information content (AvgIpc) is 2.75. The zero-order valence-electron chi connectivity index (χ0n) is 8.54. The van der Waals surface area contributed by atoms with Crippen molar-refractivity contribution in [3.63, 3.8) is 0 Å². The fourth-order valence-corrected chi connectivity index (χ4v) is 1.91. The van der Waals surface area contributed by atoms with Gasteiger partial charge in [0.15, 0.2) is 0 Å². The molecule has 2 atom stereocenters. The fourth-order valence-electron chi connectivity index (χ4n) is 1.91. The topological polar surface area (TPSA) is 47.6 Å². The first-order valence-corrected chi connectivity index (χ1v) is 5.24. The second-order valence-electron chi connectivity index (χ2n) is 4.23. The molecule has 2 aliphatic heterocycles. The van der Waals surface area contributed by atoms with E-state index in [0.717, 1.165) is 32.4 Å². The summed E-state index contributed by atoms with van der Waals surface area (Å²) in [7, 11) is 0. The molecule has 4 heteroatoms. The summed E-state index contributed by atoms with van der Waals surface area (Å²) in [6, 6.07) is 0. The Kier molecular flexibility index (Phi) is 2.74. The molecule has 0 aromatic rings. The van der Waals surface area contributed by atoms with E-state index in [4.69, 9.17) is 9.47 Å². The molecule has 0 aromatic carbocycles. The van der Waals surface area contributed by atoms with Crippen LogP contribution in [0.25, 0.3) is 0 Å². The predicted octanol–water partition coefficient (Wildman–Crippen LogP) is 0.461. The van der Waals surface area contributed by atoms with Crippen LogP contribution in [0.3, 0.4) is 0 Å². The molecular weight excluding hydrogens is 182 g/mol. The highest BCUT2D eigenvalue weighted by molar-refractivity contribution is 5.82. The van der Waals surface area contributed by atoms with Crippen LogP contribution in [-0.4, -0.2) is 37.4 Å². The molecule has 0 spiro atoms. The molecule has 0 bridgehead atoms. The molecule has 0 aromatic heterocycles. The van der Waals surface area contributed by atoms with Gasteiger partial charge in [0.2, 0.25) is 0 Å². The van der Waals surface area contributed by atoms with Gasteiger partial charge in [0.25, 0.3) is 0 Å². The Balaban J connectivity index is 1.81. The molecule has 2 fully saturated rings. The number of esters is 1. The molecule has 2 unspecified atom stereocenters. The third-order valence-electron chi connectivity index (χ3n) is 3.03. The van der Waals surface area contributed by atoms with Gasteiger partial charge in [-0.2, -0.15) is 0 Å². The van der Waals surface area contributed by atoms with Gasteiger partial charge >= 0.3 is 5.97 Å². The molecule has 2 heterocycles. The summed E-state index contributed by atoms with van der Waals surface area (Å²) < 4.78 is 10.4. The molecule has 0 saturated carbocycles. The molecule has 0 aliphatic carbocycles. The maximum absolute atomic E-state index is 11.4. The van der Waals surface area contributed by atoms with Gasteiger partial charge in [-0.05, 0) is 19.8 Å². The van der Waals surface area contributed by atoms with Crippen molar-refractivity contribution in [2.45, 2.75) is 37.8 Å².